The lowest BCUT2D eigenvalue weighted by molar-refractivity contribution is -0.141. The molecule has 0 radical (unpaired) electrons. The van der Waals surface area contributed by atoms with Crippen molar-refractivity contribution in [3.63, 3.8) is 0 Å². The Morgan fingerprint density at radius 1 is 1.09 bits per heavy atom. The number of aromatic nitrogens is 2. The smallest absolute Gasteiger partial charge is 0.327 e. The fraction of sp³-hybridized carbons (Fsp3) is 0.600. The molecule has 14 heteroatoms. The zero-order chi connectivity index (χ0) is 25.8. The summed E-state index contributed by atoms with van der Waals surface area (Å²) in [6.07, 6.45) is 3.13. The number of aliphatic carboxylic acids is 1. The molecule has 0 aliphatic rings. The molecule has 0 fully saturated rings. The molecule has 0 aliphatic heterocycles. The van der Waals surface area contributed by atoms with E-state index in [-0.39, 0.29) is 30.9 Å². The molecule has 5 atom stereocenters. The van der Waals surface area contributed by atoms with Crippen LogP contribution in [0.5, 0.6) is 0 Å². The van der Waals surface area contributed by atoms with Crippen LogP contribution in [0.15, 0.2) is 12.5 Å². The summed E-state index contributed by atoms with van der Waals surface area (Å²) in [4.78, 5) is 67.6. The number of aromatic amines is 1. The summed E-state index contributed by atoms with van der Waals surface area (Å²) >= 11 is 3.89. The summed E-state index contributed by atoms with van der Waals surface area (Å²) in [5.41, 5.74) is 11.7. The average molecular weight is 500 g/mol. The number of carboxylic acids is 1. The van der Waals surface area contributed by atoms with E-state index in [1.165, 1.54) is 12.5 Å². The molecule has 1 heterocycles. The van der Waals surface area contributed by atoms with E-state index in [9.17, 15) is 24.0 Å². The molecule has 5 unspecified atom stereocenters. The minimum absolute atomic E-state index is 0.0172. The zero-order valence-electron chi connectivity index (χ0n) is 19.1. The first-order valence-electron chi connectivity index (χ1n) is 10.8. The van der Waals surface area contributed by atoms with Crippen molar-refractivity contribution in [2.24, 2.45) is 17.4 Å². The Labute approximate surface area is 202 Å². The monoisotopic (exact) mass is 499 g/mol. The average Bonchev–Trinajstić information content (AvgIpc) is 3.30. The number of H-pyrrole nitrogens is 1. The molecule has 0 aliphatic carbocycles. The predicted molar refractivity (Wildman–Crippen MR) is 125 cm³/mol. The van der Waals surface area contributed by atoms with Crippen LogP contribution in [0.2, 0.25) is 0 Å². The number of carbonyl (C=O) groups is 5. The van der Waals surface area contributed by atoms with Gasteiger partial charge >= 0.3 is 5.97 Å². The maximum atomic E-state index is 13.1. The van der Waals surface area contributed by atoms with E-state index in [4.69, 9.17) is 16.6 Å². The molecular formula is C20H33N7O6S. The second kappa shape index (κ2) is 14.2. The van der Waals surface area contributed by atoms with Crippen LogP contribution in [-0.2, 0) is 30.4 Å². The summed E-state index contributed by atoms with van der Waals surface area (Å²) in [6.45, 7) is 3.68. The first-order chi connectivity index (χ1) is 16.0. The number of hydrogen-bond donors (Lipinski definition) is 8. The third-order valence-electron chi connectivity index (χ3n) is 5.28. The minimum Gasteiger partial charge on any atom is -0.480 e. The fourth-order valence-corrected chi connectivity index (χ4v) is 3.14. The molecular weight excluding hydrogens is 466 g/mol. The number of primary amides is 1. The number of thiol groups is 1. The third kappa shape index (κ3) is 9.39. The van der Waals surface area contributed by atoms with Gasteiger partial charge in [-0.1, -0.05) is 20.3 Å². The highest BCUT2D eigenvalue weighted by Gasteiger charge is 2.31. The Morgan fingerprint density at radius 3 is 2.18 bits per heavy atom. The van der Waals surface area contributed by atoms with E-state index in [0.717, 1.165) is 0 Å². The number of amides is 4. The third-order valence-corrected chi connectivity index (χ3v) is 5.65. The Balaban J connectivity index is 3.06. The van der Waals surface area contributed by atoms with Gasteiger partial charge < -0.3 is 37.5 Å². The largest absolute Gasteiger partial charge is 0.480 e. The Morgan fingerprint density at radius 2 is 1.68 bits per heavy atom. The predicted octanol–water partition coefficient (Wildman–Crippen LogP) is -1.94. The molecule has 0 saturated carbocycles. The number of carbonyl (C=O) groups excluding carboxylic acids is 4. The first-order valence-corrected chi connectivity index (χ1v) is 11.4. The number of nitrogens with zero attached hydrogens (tertiary/aromatic N) is 1. The molecule has 9 N–H and O–H groups in total. The van der Waals surface area contributed by atoms with Gasteiger partial charge in [-0.15, -0.1) is 0 Å². The van der Waals surface area contributed by atoms with E-state index in [2.05, 4.69) is 38.5 Å². The summed E-state index contributed by atoms with van der Waals surface area (Å²) in [5.74, 6) is -4.47. The highest BCUT2D eigenvalue weighted by molar-refractivity contribution is 7.80. The van der Waals surface area contributed by atoms with Crippen molar-refractivity contribution in [2.75, 3.05) is 5.75 Å². The minimum atomic E-state index is -1.31. The first kappa shape index (κ1) is 28.9. The van der Waals surface area contributed by atoms with Gasteiger partial charge in [0.2, 0.25) is 23.6 Å². The van der Waals surface area contributed by atoms with Crippen molar-refractivity contribution in [3.8, 4) is 0 Å². The Hall–Kier alpha value is -3.13. The number of rotatable bonds is 15. The molecule has 1 rings (SSSR count). The summed E-state index contributed by atoms with van der Waals surface area (Å²) < 4.78 is 0. The molecule has 0 aromatic carbocycles. The van der Waals surface area contributed by atoms with Crippen molar-refractivity contribution < 1.29 is 29.1 Å². The second-order valence-electron chi connectivity index (χ2n) is 7.90. The SMILES string of the molecule is CCC(C)C(N)C(=O)NC(Cc1cnc[nH]1)C(=O)NC(CCC(N)=O)C(=O)NC(CS)C(=O)O. The van der Waals surface area contributed by atoms with Gasteiger partial charge in [-0.3, -0.25) is 19.2 Å². The number of nitrogens with two attached hydrogens (primary N) is 2. The van der Waals surface area contributed by atoms with Crippen molar-refractivity contribution in [2.45, 2.75) is 63.7 Å². The van der Waals surface area contributed by atoms with E-state index in [0.29, 0.717) is 12.1 Å². The number of hydrogen-bond acceptors (Lipinski definition) is 8. The quantitative estimate of drug-likeness (QED) is 0.126. The van der Waals surface area contributed by atoms with Crippen molar-refractivity contribution in [1.29, 1.82) is 0 Å². The van der Waals surface area contributed by atoms with Crippen LogP contribution in [0, 0.1) is 5.92 Å². The topological polar surface area (TPSA) is 222 Å². The van der Waals surface area contributed by atoms with Gasteiger partial charge in [-0.25, -0.2) is 9.78 Å². The molecule has 34 heavy (non-hydrogen) atoms. The van der Waals surface area contributed by atoms with E-state index >= 15 is 0 Å². The standard InChI is InChI=1S/C20H33N7O6S/c1-3-10(2)16(22)19(31)26-13(6-11-7-23-9-24-11)18(30)25-12(4-5-15(21)28)17(29)27-14(8-34)20(32)33/h7,9-10,12-14,16,34H,3-6,8,22H2,1-2H3,(H2,21,28)(H,23,24)(H,25,30)(H,26,31)(H,27,29)(H,32,33). The van der Waals surface area contributed by atoms with E-state index < -0.39 is 53.8 Å². The Bertz CT molecular complexity index is 850. The van der Waals surface area contributed by atoms with E-state index in [1.807, 2.05) is 6.92 Å². The van der Waals surface area contributed by atoms with Gasteiger partial charge in [-0.05, 0) is 12.3 Å². The van der Waals surface area contributed by atoms with Gasteiger partial charge in [0, 0.05) is 30.5 Å². The van der Waals surface area contributed by atoms with Crippen molar-refractivity contribution >= 4 is 42.2 Å². The molecule has 4 amide bonds. The lowest BCUT2D eigenvalue weighted by Gasteiger charge is -2.25. The summed E-state index contributed by atoms with van der Waals surface area (Å²) in [5, 5.41) is 16.5. The lowest BCUT2D eigenvalue weighted by atomic mass is 9.98. The molecule has 1 aromatic rings. The highest BCUT2D eigenvalue weighted by Crippen LogP contribution is 2.08. The normalized spacial score (nSPS) is 15.3. The van der Waals surface area contributed by atoms with Gasteiger partial charge in [-0.2, -0.15) is 12.6 Å². The molecule has 0 spiro atoms. The zero-order valence-corrected chi connectivity index (χ0v) is 20.0. The van der Waals surface area contributed by atoms with Crippen molar-refractivity contribution in [1.82, 2.24) is 25.9 Å². The lowest BCUT2D eigenvalue weighted by Crippen LogP contribution is -2.58. The van der Waals surface area contributed by atoms with Crippen LogP contribution in [-0.4, -0.2) is 74.6 Å². The summed E-state index contributed by atoms with van der Waals surface area (Å²) in [7, 11) is 0. The number of carboxylic acid groups (broad SMARTS) is 1. The van der Waals surface area contributed by atoms with Crippen LogP contribution in [0.25, 0.3) is 0 Å². The summed E-state index contributed by atoms with van der Waals surface area (Å²) in [6, 6.07) is -4.58. The van der Waals surface area contributed by atoms with Crippen LogP contribution in [0.3, 0.4) is 0 Å². The molecule has 0 saturated heterocycles. The Kier molecular flexibility index (Phi) is 12.1. The maximum Gasteiger partial charge on any atom is 0.327 e. The van der Waals surface area contributed by atoms with Gasteiger partial charge in [0.05, 0.1) is 12.4 Å². The van der Waals surface area contributed by atoms with Gasteiger partial charge in [0.15, 0.2) is 0 Å². The van der Waals surface area contributed by atoms with E-state index in [1.54, 1.807) is 6.92 Å². The molecule has 190 valence electrons. The second-order valence-corrected chi connectivity index (χ2v) is 8.27. The highest BCUT2D eigenvalue weighted by atomic mass is 32.1. The van der Waals surface area contributed by atoms with Gasteiger partial charge in [0.25, 0.3) is 0 Å². The molecule has 1 aromatic heterocycles. The van der Waals surface area contributed by atoms with Crippen LogP contribution in [0.4, 0.5) is 0 Å². The van der Waals surface area contributed by atoms with Gasteiger partial charge in [0.1, 0.15) is 18.1 Å². The fourth-order valence-electron chi connectivity index (χ4n) is 2.89. The molecule has 0 bridgehead atoms. The van der Waals surface area contributed by atoms with Crippen LogP contribution >= 0.6 is 12.6 Å². The molecule has 13 nitrogen and oxygen atoms in total. The number of imidazole rings is 1. The number of nitrogens with one attached hydrogen (secondary N) is 4. The maximum absolute atomic E-state index is 13.1. The van der Waals surface area contributed by atoms with Crippen LogP contribution < -0.4 is 27.4 Å². The van der Waals surface area contributed by atoms with Crippen LogP contribution in [0.1, 0.15) is 38.8 Å². The van der Waals surface area contributed by atoms with Crippen molar-refractivity contribution in [3.05, 3.63) is 18.2 Å².